The van der Waals surface area contributed by atoms with Gasteiger partial charge in [-0.2, -0.15) is 0 Å². The van der Waals surface area contributed by atoms with Crippen molar-refractivity contribution in [3.8, 4) is 0 Å². The Morgan fingerprint density at radius 1 is 1.07 bits per heavy atom. The molecule has 0 bridgehead atoms. The quantitative estimate of drug-likeness (QED) is 0.471. The standard InChI is InChI=1S/C13H23P/c1-9(2)12(6)13(10(3)4)8-7-11(5)14/h7-10H,6,14H2,1-5H3/b11-7+,13-8-. The van der Waals surface area contributed by atoms with Crippen LogP contribution in [0.4, 0.5) is 0 Å². The topological polar surface area (TPSA) is 0 Å². The molecule has 0 fully saturated rings. The highest BCUT2D eigenvalue weighted by molar-refractivity contribution is 7.22. The summed E-state index contributed by atoms with van der Waals surface area (Å²) in [7, 11) is 2.70. The molecule has 0 aliphatic rings. The van der Waals surface area contributed by atoms with Crippen LogP contribution in [0, 0.1) is 11.8 Å². The van der Waals surface area contributed by atoms with Gasteiger partial charge in [0.15, 0.2) is 0 Å². The minimum Gasteiger partial charge on any atom is -0.110 e. The lowest BCUT2D eigenvalue weighted by atomic mass is 9.89. The minimum absolute atomic E-state index is 0.530. The minimum atomic E-state index is 0.530. The highest BCUT2D eigenvalue weighted by Crippen LogP contribution is 2.24. The first-order valence-corrected chi connectivity index (χ1v) is 5.77. The molecule has 1 atom stereocenters. The van der Waals surface area contributed by atoms with E-state index in [-0.39, 0.29) is 0 Å². The third-order valence-electron chi connectivity index (χ3n) is 2.22. The van der Waals surface area contributed by atoms with E-state index in [1.165, 1.54) is 16.5 Å². The molecular formula is C13H23P. The molecule has 0 saturated heterocycles. The van der Waals surface area contributed by atoms with Crippen LogP contribution in [0.15, 0.2) is 35.2 Å². The van der Waals surface area contributed by atoms with Crippen molar-refractivity contribution in [3.05, 3.63) is 35.2 Å². The predicted octanol–water partition coefficient (Wildman–Crippen LogP) is 4.56. The van der Waals surface area contributed by atoms with Crippen molar-refractivity contribution in [2.24, 2.45) is 11.8 Å². The number of rotatable bonds is 4. The van der Waals surface area contributed by atoms with E-state index in [9.17, 15) is 0 Å². The lowest BCUT2D eigenvalue weighted by molar-refractivity contribution is 0.704. The second-order valence-electron chi connectivity index (χ2n) is 4.37. The van der Waals surface area contributed by atoms with Crippen molar-refractivity contribution in [1.82, 2.24) is 0 Å². The Bertz CT molecular complexity index is 250. The molecule has 0 aromatic carbocycles. The highest BCUT2D eigenvalue weighted by atomic mass is 31.0. The summed E-state index contributed by atoms with van der Waals surface area (Å²) in [5.41, 5.74) is 2.62. The first-order chi connectivity index (χ1) is 6.36. The summed E-state index contributed by atoms with van der Waals surface area (Å²) < 4.78 is 0. The van der Waals surface area contributed by atoms with Crippen molar-refractivity contribution < 1.29 is 0 Å². The van der Waals surface area contributed by atoms with Crippen LogP contribution in [0.3, 0.4) is 0 Å². The van der Waals surface area contributed by atoms with Gasteiger partial charge in [-0.05, 0) is 29.9 Å². The summed E-state index contributed by atoms with van der Waals surface area (Å²) in [5.74, 6) is 1.08. The molecule has 0 radical (unpaired) electrons. The molecule has 0 aliphatic carbocycles. The Balaban J connectivity index is 4.87. The molecule has 0 amide bonds. The molecule has 0 aromatic rings. The van der Waals surface area contributed by atoms with Gasteiger partial charge < -0.3 is 0 Å². The van der Waals surface area contributed by atoms with Crippen molar-refractivity contribution >= 4 is 9.24 Å². The van der Waals surface area contributed by atoms with Gasteiger partial charge in [-0.15, -0.1) is 9.24 Å². The van der Waals surface area contributed by atoms with Crippen LogP contribution in [0.5, 0.6) is 0 Å². The smallest absolute Gasteiger partial charge is 0.0216 e. The molecule has 0 heterocycles. The maximum atomic E-state index is 4.15. The molecule has 0 nitrogen and oxygen atoms in total. The molecule has 0 aliphatic heterocycles. The van der Waals surface area contributed by atoms with E-state index in [1.807, 2.05) is 0 Å². The van der Waals surface area contributed by atoms with Gasteiger partial charge >= 0.3 is 0 Å². The highest BCUT2D eigenvalue weighted by Gasteiger charge is 2.09. The largest absolute Gasteiger partial charge is 0.110 e. The monoisotopic (exact) mass is 210 g/mol. The fourth-order valence-electron chi connectivity index (χ4n) is 1.22. The van der Waals surface area contributed by atoms with E-state index in [0.717, 1.165) is 0 Å². The molecule has 1 heteroatoms. The summed E-state index contributed by atoms with van der Waals surface area (Å²) in [6.07, 6.45) is 4.32. The third kappa shape index (κ3) is 4.77. The molecule has 1 unspecified atom stereocenters. The van der Waals surface area contributed by atoms with Crippen molar-refractivity contribution in [2.45, 2.75) is 34.6 Å². The van der Waals surface area contributed by atoms with Gasteiger partial charge in [-0.3, -0.25) is 0 Å². The first-order valence-electron chi connectivity index (χ1n) is 5.19. The third-order valence-corrected chi connectivity index (χ3v) is 2.41. The van der Waals surface area contributed by atoms with Crippen molar-refractivity contribution in [1.29, 1.82) is 0 Å². The molecule has 0 N–H and O–H groups in total. The second kappa shape index (κ2) is 6.19. The fourth-order valence-corrected chi connectivity index (χ4v) is 1.32. The lowest BCUT2D eigenvalue weighted by Crippen LogP contribution is -2.02. The molecule has 0 spiro atoms. The van der Waals surface area contributed by atoms with Crippen LogP contribution in [0.2, 0.25) is 0 Å². The molecule has 14 heavy (non-hydrogen) atoms. The van der Waals surface area contributed by atoms with Crippen LogP contribution in [0.25, 0.3) is 0 Å². The van der Waals surface area contributed by atoms with Crippen LogP contribution >= 0.6 is 9.24 Å². The zero-order chi connectivity index (χ0) is 11.3. The van der Waals surface area contributed by atoms with E-state index < -0.39 is 0 Å². The van der Waals surface area contributed by atoms with Crippen LogP contribution in [-0.4, -0.2) is 0 Å². The van der Waals surface area contributed by atoms with Gasteiger partial charge in [0.25, 0.3) is 0 Å². The van der Waals surface area contributed by atoms with Gasteiger partial charge in [-0.1, -0.05) is 51.7 Å². The van der Waals surface area contributed by atoms with Crippen LogP contribution in [0.1, 0.15) is 34.6 Å². The van der Waals surface area contributed by atoms with Gasteiger partial charge in [0.05, 0.1) is 0 Å². The average Bonchev–Trinajstić information content (AvgIpc) is 2.02. The predicted molar refractivity (Wildman–Crippen MR) is 70.4 cm³/mol. The van der Waals surface area contributed by atoms with Crippen molar-refractivity contribution in [2.75, 3.05) is 0 Å². The summed E-state index contributed by atoms with van der Waals surface area (Å²) in [6.45, 7) is 15.0. The Morgan fingerprint density at radius 2 is 1.57 bits per heavy atom. The maximum Gasteiger partial charge on any atom is -0.0216 e. The van der Waals surface area contributed by atoms with E-state index in [4.69, 9.17) is 0 Å². The fraction of sp³-hybridized carbons (Fsp3) is 0.538. The van der Waals surface area contributed by atoms with Gasteiger partial charge in [0.2, 0.25) is 0 Å². The van der Waals surface area contributed by atoms with Crippen LogP contribution < -0.4 is 0 Å². The second-order valence-corrected chi connectivity index (χ2v) is 5.28. The molecular weight excluding hydrogens is 187 g/mol. The number of hydrogen-bond acceptors (Lipinski definition) is 0. The van der Waals surface area contributed by atoms with E-state index >= 15 is 0 Å². The summed E-state index contributed by atoms with van der Waals surface area (Å²) in [4.78, 5) is 0. The number of allylic oxidation sites excluding steroid dienone is 5. The molecule has 0 rings (SSSR count). The Hall–Kier alpha value is -0.350. The first kappa shape index (κ1) is 13.7. The SMILES string of the molecule is C=C(/C(=C\C=C(/C)P)C(C)C)C(C)C. The van der Waals surface area contributed by atoms with E-state index in [1.54, 1.807) is 0 Å². The Morgan fingerprint density at radius 3 is 1.86 bits per heavy atom. The Labute approximate surface area is 91.4 Å². The van der Waals surface area contributed by atoms with Gasteiger partial charge in [0.1, 0.15) is 0 Å². The number of hydrogen-bond donors (Lipinski definition) is 0. The Kier molecular flexibility index (Phi) is 6.04. The van der Waals surface area contributed by atoms with Gasteiger partial charge in [-0.25, -0.2) is 0 Å². The average molecular weight is 210 g/mol. The lowest BCUT2D eigenvalue weighted by Gasteiger charge is -2.17. The maximum absolute atomic E-state index is 4.15. The molecule has 80 valence electrons. The molecule has 0 aromatic heterocycles. The summed E-state index contributed by atoms with van der Waals surface area (Å²) in [5, 5.41) is 1.25. The zero-order valence-electron chi connectivity index (χ0n) is 10.1. The summed E-state index contributed by atoms with van der Waals surface area (Å²) in [6, 6.07) is 0. The molecule has 0 saturated carbocycles. The van der Waals surface area contributed by atoms with E-state index in [2.05, 4.69) is 62.6 Å². The van der Waals surface area contributed by atoms with E-state index in [0.29, 0.717) is 11.8 Å². The normalized spacial score (nSPS) is 14.0. The van der Waals surface area contributed by atoms with Crippen molar-refractivity contribution in [3.63, 3.8) is 0 Å². The zero-order valence-corrected chi connectivity index (χ0v) is 11.2. The summed E-state index contributed by atoms with van der Waals surface area (Å²) >= 11 is 0. The van der Waals surface area contributed by atoms with Gasteiger partial charge in [0, 0.05) is 0 Å². The van der Waals surface area contributed by atoms with Crippen LogP contribution in [-0.2, 0) is 0 Å².